The van der Waals surface area contributed by atoms with E-state index < -0.39 is 23.5 Å². The minimum atomic E-state index is -1.03. The summed E-state index contributed by atoms with van der Waals surface area (Å²) in [5, 5.41) is 0. The summed E-state index contributed by atoms with van der Waals surface area (Å²) in [5.74, 6) is -3.19. The number of hydrogen-bond donors (Lipinski definition) is 0. The fourth-order valence-corrected chi connectivity index (χ4v) is 3.05. The Balaban J connectivity index is 2.02. The van der Waals surface area contributed by atoms with Gasteiger partial charge in [-0.3, -0.25) is 9.59 Å². The van der Waals surface area contributed by atoms with Crippen LogP contribution in [0.2, 0.25) is 0 Å². The van der Waals surface area contributed by atoms with Gasteiger partial charge in [0, 0.05) is 22.3 Å². The lowest BCUT2D eigenvalue weighted by Gasteiger charge is -2.18. The molecule has 2 heterocycles. The summed E-state index contributed by atoms with van der Waals surface area (Å²) in [6.07, 6.45) is 0. The van der Waals surface area contributed by atoms with Crippen LogP contribution >= 0.6 is 0 Å². The third kappa shape index (κ3) is 2.87. The van der Waals surface area contributed by atoms with Crippen molar-refractivity contribution in [3.8, 4) is 0 Å². The molecule has 0 aromatic heterocycles. The molecular formula is C22H12O6. The van der Waals surface area contributed by atoms with E-state index in [4.69, 9.17) is 0 Å². The largest absolute Gasteiger partial charge is 0.387 e. The Morgan fingerprint density at radius 1 is 0.536 bits per heavy atom. The monoisotopic (exact) mass is 372 g/mol. The molecule has 2 aliphatic heterocycles. The fourth-order valence-electron chi connectivity index (χ4n) is 3.05. The first-order valence-electron chi connectivity index (χ1n) is 8.37. The number of hydrogen-bond acceptors (Lipinski definition) is 6. The van der Waals surface area contributed by atoms with Crippen molar-refractivity contribution in [2.75, 3.05) is 0 Å². The van der Waals surface area contributed by atoms with Gasteiger partial charge in [-0.25, -0.2) is 19.4 Å². The summed E-state index contributed by atoms with van der Waals surface area (Å²) >= 11 is 0. The summed E-state index contributed by atoms with van der Waals surface area (Å²) in [5.41, 5.74) is -0.123. The van der Waals surface area contributed by atoms with Gasteiger partial charge in [0.15, 0.2) is 11.6 Å². The summed E-state index contributed by atoms with van der Waals surface area (Å²) in [6.45, 7) is 0. The van der Waals surface area contributed by atoms with E-state index in [-0.39, 0.29) is 33.4 Å². The molecule has 2 aliphatic rings. The van der Waals surface area contributed by atoms with Crippen molar-refractivity contribution in [3.63, 3.8) is 0 Å². The first-order valence-corrected chi connectivity index (χ1v) is 8.37. The second kappa shape index (κ2) is 6.92. The Morgan fingerprint density at radius 3 is 1.25 bits per heavy atom. The van der Waals surface area contributed by atoms with E-state index in [9.17, 15) is 19.2 Å². The van der Waals surface area contributed by atoms with Crippen LogP contribution in [0.3, 0.4) is 0 Å². The Hall–Kier alpha value is -4.06. The third-order valence-electron chi connectivity index (χ3n) is 4.36. The molecule has 0 unspecified atom stereocenters. The Bertz CT molecular complexity index is 1030. The highest BCUT2D eigenvalue weighted by molar-refractivity contribution is 6.26. The number of carbonyl (C=O) groups excluding carboxylic acids is 4. The highest BCUT2D eigenvalue weighted by Crippen LogP contribution is 2.29. The molecule has 0 fully saturated rings. The van der Waals surface area contributed by atoms with Crippen molar-refractivity contribution in [2.45, 2.75) is 0 Å². The maximum absolute atomic E-state index is 13.2. The molecule has 2 bridgehead atoms. The maximum atomic E-state index is 13.2. The van der Waals surface area contributed by atoms with Gasteiger partial charge in [-0.15, -0.1) is 0 Å². The zero-order valence-electron chi connectivity index (χ0n) is 14.4. The Kier molecular flexibility index (Phi) is 4.29. The third-order valence-corrected chi connectivity index (χ3v) is 4.36. The standard InChI is InChI=1S/C22H12O6/c23-19(13-7-3-1-4-8-13)17-15-11-12-16(22(26)28-27-21(15)25)18(17)20(24)14-9-5-2-6-10-14/h1-12H. The number of carbonyl (C=O) groups is 4. The normalized spacial score (nSPS) is 12.6. The van der Waals surface area contributed by atoms with Crippen molar-refractivity contribution in [3.05, 3.63) is 106 Å². The van der Waals surface area contributed by atoms with Gasteiger partial charge in [-0.05, 0) is 12.1 Å². The highest BCUT2D eigenvalue weighted by Gasteiger charge is 2.35. The average Bonchev–Trinajstić information content (AvgIpc) is 2.75. The SMILES string of the molecule is O=C1OOC(=O)c2ccc1c(C(=O)c1ccccc1)c2C(=O)c1ccccc1. The van der Waals surface area contributed by atoms with Crippen molar-refractivity contribution in [1.29, 1.82) is 0 Å². The first kappa shape index (κ1) is 17.4. The molecule has 5 rings (SSSR count). The zero-order valence-corrected chi connectivity index (χ0v) is 14.4. The molecule has 0 aliphatic carbocycles. The van der Waals surface area contributed by atoms with Gasteiger partial charge in [-0.1, -0.05) is 60.7 Å². The number of ketones is 2. The van der Waals surface area contributed by atoms with Crippen LogP contribution in [0, 0.1) is 0 Å². The maximum Gasteiger partial charge on any atom is 0.387 e. The quantitative estimate of drug-likeness (QED) is 0.515. The molecule has 0 spiro atoms. The summed E-state index contributed by atoms with van der Waals surface area (Å²) < 4.78 is 0. The van der Waals surface area contributed by atoms with Gasteiger partial charge in [-0.2, -0.15) is 0 Å². The van der Waals surface area contributed by atoms with Gasteiger partial charge >= 0.3 is 11.9 Å². The van der Waals surface area contributed by atoms with E-state index in [0.29, 0.717) is 0 Å². The van der Waals surface area contributed by atoms with E-state index >= 15 is 0 Å². The first-order chi connectivity index (χ1) is 13.6. The molecule has 6 nitrogen and oxygen atoms in total. The van der Waals surface area contributed by atoms with Gasteiger partial charge in [0.1, 0.15) is 0 Å². The van der Waals surface area contributed by atoms with E-state index in [1.54, 1.807) is 60.7 Å². The zero-order chi connectivity index (χ0) is 19.7. The average molecular weight is 372 g/mol. The van der Waals surface area contributed by atoms with Gasteiger partial charge in [0.05, 0.1) is 11.1 Å². The molecule has 0 saturated heterocycles. The second-order valence-electron chi connectivity index (χ2n) is 6.04. The minimum Gasteiger partial charge on any atom is -0.289 e. The lowest BCUT2D eigenvalue weighted by Crippen LogP contribution is -2.26. The van der Waals surface area contributed by atoms with Crippen LogP contribution in [0.25, 0.3) is 0 Å². The van der Waals surface area contributed by atoms with Crippen LogP contribution in [0.4, 0.5) is 0 Å². The van der Waals surface area contributed by atoms with Gasteiger partial charge < -0.3 is 0 Å². The topological polar surface area (TPSA) is 86.7 Å². The predicted octanol–water partition coefficient (Wildman–Crippen LogP) is 3.39. The molecule has 28 heavy (non-hydrogen) atoms. The van der Waals surface area contributed by atoms with E-state index in [1.807, 2.05) is 0 Å². The smallest absolute Gasteiger partial charge is 0.289 e. The van der Waals surface area contributed by atoms with Crippen molar-refractivity contribution >= 4 is 23.5 Å². The summed E-state index contributed by atoms with van der Waals surface area (Å²) in [7, 11) is 0. The molecule has 3 aromatic carbocycles. The molecule has 6 heteroatoms. The van der Waals surface area contributed by atoms with Gasteiger partial charge in [0.25, 0.3) is 0 Å². The number of benzene rings is 3. The molecule has 0 amide bonds. The number of fused-ring (bicyclic) bond motifs is 5. The lowest BCUT2D eigenvalue weighted by molar-refractivity contribution is -0.188. The van der Waals surface area contributed by atoms with Crippen LogP contribution in [0.5, 0.6) is 0 Å². The van der Waals surface area contributed by atoms with E-state index in [0.717, 1.165) is 0 Å². The van der Waals surface area contributed by atoms with Crippen molar-refractivity contribution < 1.29 is 29.0 Å². The second-order valence-corrected chi connectivity index (χ2v) is 6.04. The van der Waals surface area contributed by atoms with Crippen molar-refractivity contribution in [1.82, 2.24) is 0 Å². The van der Waals surface area contributed by atoms with Crippen LogP contribution in [-0.2, 0) is 9.78 Å². The van der Waals surface area contributed by atoms with Crippen LogP contribution in [0.15, 0.2) is 72.8 Å². The van der Waals surface area contributed by atoms with E-state index in [1.165, 1.54) is 12.1 Å². The molecule has 0 saturated carbocycles. The molecular weight excluding hydrogens is 360 g/mol. The molecule has 0 N–H and O–H groups in total. The highest BCUT2D eigenvalue weighted by atomic mass is 17.2. The molecule has 0 radical (unpaired) electrons. The minimum absolute atomic E-state index is 0.149. The Labute approximate surface area is 159 Å². The van der Waals surface area contributed by atoms with Crippen LogP contribution in [-0.4, -0.2) is 23.5 Å². The molecule has 3 aromatic rings. The Morgan fingerprint density at radius 2 is 0.893 bits per heavy atom. The van der Waals surface area contributed by atoms with E-state index in [2.05, 4.69) is 9.78 Å². The van der Waals surface area contributed by atoms with Crippen LogP contribution in [0.1, 0.15) is 52.6 Å². The predicted molar refractivity (Wildman–Crippen MR) is 97.0 cm³/mol. The van der Waals surface area contributed by atoms with Crippen LogP contribution < -0.4 is 0 Å². The van der Waals surface area contributed by atoms with Gasteiger partial charge in [0.2, 0.25) is 0 Å². The van der Waals surface area contributed by atoms with Crippen molar-refractivity contribution in [2.24, 2.45) is 0 Å². The molecule has 136 valence electrons. The lowest BCUT2D eigenvalue weighted by atomic mass is 9.86. The summed E-state index contributed by atoms with van der Waals surface area (Å²) in [6, 6.07) is 18.9. The fraction of sp³-hybridized carbons (Fsp3) is 0. The number of rotatable bonds is 4. The summed E-state index contributed by atoms with van der Waals surface area (Å²) in [4.78, 5) is 60.0. The molecule has 0 atom stereocenters.